The third kappa shape index (κ3) is 4.21. The Morgan fingerprint density at radius 3 is 2.80 bits per heavy atom. The standard InChI is InChI=1S/C23H27N3O3S/c1-4-16(5-2)24-22(27)20-14-26(18-9-6-7-10-19(18)29-20)13-17-15(3)28-23(25-17)21-11-8-12-30-21/h6-12,16,20H,4-5,13-14H2,1-3H3,(H,24,27). The number of hydrogen-bond donors (Lipinski definition) is 1. The van der Waals surface area contributed by atoms with Crippen LogP contribution in [-0.4, -0.2) is 29.6 Å². The second-order valence-electron chi connectivity index (χ2n) is 7.48. The van der Waals surface area contributed by atoms with E-state index in [1.165, 1.54) is 0 Å². The third-order valence-corrected chi connectivity index (χ3v) is 6.31. The number of hydrogen-bond acceptors (Lipinski definition) is 6. The van der Waals surface area contributed by atoms with Gasteiger partial charge in [0.25, 0.3) is 5.91 Å². The number of aryl methyl sites for hydroxylation is 1. The van der Waals surface area contributed by atoms with Gasteiger partial charge in [0.15, 0.2) is 6.10 Å². The number of carbonyl (C=O) groups excluding carboxylic acids is 1. The largest absolute Gasteiger partial charge is 0.477 e. The summed E-state index contributed by atoms with van der Waals surface area (Å²) in [5.74, 6) is 2.08. The van der Waals surface area contributed by atoms with Crippen molar-refractivity contribution in [1.82, 2.24) is 10.3 Å². The monoisotopic (exact) mass is 425 g/mol. The van der Waals surface area contributed by atoms with E-state index in [2.05, 4.69) is 24.1 Å². The van der Waals surface area contributed by atoms with E-state index in [0.717, 1.165) is 34.9 Å². The summed E-state index contributed by atoms with van der Waals surface area (Å²) < 4.78 is 12.0. The van der Waals surface area contributed by atoms with Crippen molar-refractivity contribution in [3.05, 3.63) is 53.2 Å². The summed E-state index contributed by atoms with van der Waals surface area (Å²) in [4.78, 5) is 20.8. The summed E-state index contributed by atoms with van der Waals surface area (Å²) in [5.41, 5.74) is 1.83. The maximum absolute atomic E-state index is 12.9. The molecule has 1 amide bonds. The summed E-state index contributed by atoms with van der Waals surface area (Å²) in [6.07, 6.45) is 1.24. The molecule has 4 rings (SSSR count). The second kappa shape index (κ2) is 8.92. The molecule has 30 heavy (non-hydrogen) atoms. The van der Waals surface area contributed by atoms with Crippen LogP contribution in [0.3, 0.4) is 0 Å². The lowest BCUT2D eigenvalue weighted by molar-refractivity contribution is -0.128. The first-order valence-electron chi connectivity index (χ1n) is 10.4. The van der Waals surface area contributed by atoms with Crippen LogP contribution in [0.1, 0.15) is 38.1 Å². The molecule has 1 atom stereocenters. The van der Waals surface area contributed by atoms with Crippen molar-refractivity contribution in [2.24, 2.45) is 0 Å². The van der Waals surface area contributed by atoms with Crippen LogP contribution in [0.2, 0.25) is 0 Å². The van der Waals surface area contributed by atoms with Crippen LogP contribution in [0, 0.1) is 6.92 Å². The smallest absolute Gasteiger partial charge is 0.263 e. The number of aromatic nitrogens is 1. The first-order chi connectivity index (χ1) is 14.6. The summed E-state index contributed by atoms with van der Waals surface area (Å²) in [6.45, 7) is 7.11. The van der Waals surface area contributed by atoms with Gasteiger partial charge >= 0.3 is 0 Å². The fraction of sp³-hybridized carbons (Fsp3) is 0.391. The zero-order chi connectivity index (χ0) is 21.1. The van der Waals surface area contributed by atoms with E-state index in [9.17, 15) is 4.79 Å². The van der Waals surface area contributed by atoms with Crippen molar-refractivity contribution in [2.75, 3.05) is 11.4 Å². The fourth-order valence-electron chi connectivity index (χ4n) is 3.64. The molecule has 158 valence electrons. The van der Waals surface area contributed by atoms with Gasteiger partial charge in [-0.25, -0.2) is 4.98 Å². The Balaban J connectivity index is 1.57. The molecule has 1 N–H and O–H groups in total. The Hall–Kier alpha value is -2.80. The Morgan fingerprint density at radius 1 is 1.27 bits per heavy atom. The minimum atomic E-state index is -0.565. The lowest BCUT2D eigenvalue weighted by Crippen LogP contribution is -2.51. The highest BCUT2D eigenvalue weighted by atomic mass is 32.1. The predicted octanol–water partition coefficient (Wildman–Crippen LogP) is 4.78. The van der Waals surface area contributed by atoms with Crippen molar-refractivity contribution in [1.29, 1.82) is 0 Å². The summed E-state index contributed by atoms with van der Waals surface area (Å²) >= 11 is 1.60. The quantitative estimate of drug-likeness (QED) is 0.590. The van der Waals surface area contributed by atoms with Gasteiger partial charge in [-0.3, -0.25) is 4.79 Å². The normalized spacial score (nSPS) is 15.7. The number of nitrogens with zero attached hydrogens (tertiary/aromatic N) is 2. The zero-order valence-electron chi connectivity index (χ0n) is 17.6. The van der Waals surface area contributed by atoms with Gasteiger partial charge in [-0.1, -0.05) is 32.0 Å². The predicted molar refractivity (Wildman–Crippen MR) is 119 cm³/mol. The fourth-order valence-corrected chi connectivity index (χ4v) is 4.29. The Labute approximate surface area is 180 Å². The zero-order valence-corrected chi connectivity index (χ0v) is 18.4. The first kappa shape index (κ1) is 20.5. The van der Waals surface area contributed by atoms with E-state index in [1.807, 2.05) is 48.7 Å². The molecular weight excluding hydrogens is 398 g/mol. The van der Waals surface area contributed by atoms with Crippen molar-refractivity contribution < 1.29 is 13.9 Å². The van der Waals surface area contributed by atoms with Gasteiger partial charge in [-0.15, -0.1) is 11.3 Å². The number of rotatable bonds is 7. The number of ether oxygens (including phenoxy) is 1. The number of para-hydroxylation sites is 2. The summed E-state index contributed by atoms with van der Waals surface area (Å²) in [6, 6.07) is 12.0. The number of fused-ring (bicyclic) bond motifs is 1. The van der Waals surface area contributed by atoms with Gasteiger partial charge in [0.05, 0.1) is 23.7 Å². The molecule has 0 spiro atoms. The summed E-state index contributed by atoms with van der Waals surface area (Å²) in [5, 5.41) is 5.12. The SMILES string of the molecule is CCC(CC)NC(=O)C1CN(Cc2nc(-c3cccs3)oc2C)c2ccccc2O1. The molecule has 7 heteroatoms. The second-order valence-corrected chi connectivity index (χ2v) is 8.42. The molecule has 3 heterocycles. The van der Waals surface area contributed by atoms with E-state index in [0.29, 0.717) is 24.7 Å². The number of benzene rings is 1. The average molecular weight is 426 g/mol. The molecular formula is C23H27N3O3S. The van der Waals surface area contributed by atoms with Crippen molar-refractivity contribution in [3.8, 4) is 16.5 Å². The van der Waals surface area contributed by atoms with Gasteiger partial charge in [0.1, 0.15) is 17.2 Å². The maximum atomic E-state index is 12.9. The highest BCUT2D eigenvalue weighted by Crippen LogP contribution is 2.35. The molecule has 0 aliphatic carbocycles. The minimum absolute atomic E-state index is 0.0700. The van der Waals surface area contributed by atoms with Gasteiger partial charge in [0, 0.05) is 6.04 Å². The van der Waals surface area contributed by atoms with E-state index >= 15 is 0 Å². The maximum Gasteiger partial charge on any atom is 0.263 e. The number of carbonyl (C=O) groups is 1. The van der Waals surface area contributed by atoms with Crippen LogP contribution in [0.5, 0.6) is 5.75 Å². The molecule has 0 bridgehead atoms. The molecule has 3 aromatic rings. The number of oxazole rings is 1. The lowest BCUT2D eigenvalue weighted by Gasteiger charge is -2.35. The molecule has 0 saturated carbocycles. The first-order valence-corrected chi connectivity index (χ1v) is 11.3. The van der Waals surface area contributed by atoms with Crippen LogP contribution < -0.4 is 15.0 Å². The highest BCUT2D eigenvalue weighted by Gasteiger charge is 2.32. The minimum Gasteiger partial charge on any atom is -0.477 e. The molecule has 0 radical (unpaired) electrons. The highest BCUT2D eigenvalue weighted by molar-refractivity contribution is 7.13. The Kier molecular flexibility index (Phi) is 6.08. The third-order valence-electron chi connectivity index (χ3n) is 5.45. The van der Waals surface area contributed by atoms with Gasteiger partial charge in [-0.05, 0) is 43.3 Å². The molecule has 0 fully saturated rings. The van der Waals surface area contributed by atoms with E-state index in [4.69, 9.17) is 14.1 Å². The van der Waals surface area contributed by atoms with Crippen LogP contribution in [0.15, 0.2) is 46.2 Å². The average Bonchev–Trinajstić information content (AvgIpc) is 3.42. The van der Waals surface area contributed by atoms with E-state index in [-0.39, 0.29) is 11.9 Å². The molecule has 1 aliphatic heterocycles. The Morgan fingerprint density at radius 2 is 2.07 bits per heavy atom. The molecule has 2 aromatic heterocycles. The number of nitrogens with one attached hydrogen (secondary N) is 1. The Bertz CT molecular complexity index is 995. The van der Waals surface area contributed by atoms with Gasteiger partial charge in [0.2, 0.25) is 5.89 Å². The van der Waals surface area contributed by atoms with Crippen molar-refractivity contribution >= 4 is 22.9 Å². The number of thiophene rings is 1. The molecule has 6 nitrogen and oxygen atoms in total. The number of amides is 1. The van der Waals surface area contributed by atoms with Crippen LogP contribution in [0.4, 0.5) is 5.69 Å². The molecule has 1 unspecified atom stereocenters. The molecule has 1 aliphatic rings. The van der Waals surface area contributed by atoms with Crippen LogP contribution >= 0.6 is 11.3 Å². The van der Waals surface area contributed by atoms with Gasteiger partial charge in [-0.2, -0.15) is 0 Å². The van der Waals surface area contributed by atoms with Crippen LogP contribution in [0.25, 0.3) is 10.8 Å². The summed E-state index contributed by atoms with van der Waals surface area (Å²) in [7, 11) is 0. The topological polar surface area (TPSA) is 67.6 Å². The van der Waals surface area contributed by atoms with E-state index in [1.54, 1.807) is 11.3 Å². The van der Waals surface area contributed by atoms with Crippen LogP contribution in [-0.2, 0) is 11.3 Å². The molecule has 1 aromatic carbocycles. The lowest BCUT2D eigenvalue weighted by atomic mass is 10.1. The number of anilines is 1. The van der Waals surface area contributed by atoms with Crippen molar-refractivity contribution in [3.63, 3.8) is 0 Å². The van der Waals surface area contributed by atoms with Gasteiger partial charge < -0.3 is 19.4 Å². The molecule has 0 saturated heterocycles. The van der Waals surface area contributed by atoms with Crippen molar-refractivity contribution in [2.45, 2.75) is 52.3 Å². The van der Waals surface area contributed by atoms with E-state index < -0.39 is 6.10 Å².